The van der Waals surface area contributed by atoms with Crippen LogP contribution >= 0.6 is 11.6 Å². The van der Waals surface area contributed by atoms with Crippen LogP contribution in [0.15, 0.2) is 18.2 Å². The molecule has 4 heteroatoms. The molecule has 0 amide bonds. The number of nitrogen functional groups attached to an aromatic ring is 1. The number of rotatable bonds is 4. The zero-order valence-corrected chi connectivity index (χ0v) is 11.1. The largest absolute Gasteiger partial charge is 0.481 e. The van der Waals surface area contributed by atoms with Gasteiger partial charge in [0.2, 0.25) is 0 Å². The maximum Gasteiger partial charge on any atom is 0.304 e. The fourth-order valence-corrected chi connectivity index (χ4v) is 1.97. The number of carboxylic acids is 1. The first-order chi connectivity index (χ1) is 7.77. The molecular weight excluding hydrogens is 238 g/mol. The second-order valence-corrected chi connectivity index (χ2v) is 5.29. The van der Waals surface area contributed by atoms with Crippen molar-refractivity contribution < 1.29 is 9.90 Å². The Kier molecular flexibility index (Phi) is 4.04. The molecule has 3 N–H and O–H groups in total. The summed E-state index contributed by atoms with van der Waals surface area (Å²) in [5.74, 6) is -0.617. The summed E-state index contributed by atoms with van der Waals surface area (Å²) >= 11 is 5.87. The first-order valence-corrected chi connectivity index (χ1v) is 5.92. The number of carbonyl (C=O) groups is 1. The lowest BCUT2D eigenvalue weighted by Crippen LogP contribution is -2.31. The molecule has 0 fully saturated rings. The van der Waals surface area contributed by atoms with Gasteiger partial charge in [0.25, 0.3) is 0 Å². The van der Waals surface area contributed by atoms with E-state index in [9.17, 15) is 4.79 Å². The number of aliphatic carboxylic acids is 1. The van der Waals surface area contributed by atoms with Gasteiger partial charge >= 0.3 is 5.97 Å². The lowest BCUT2D eigenvalue weighted by atomic mass is 9.71. The van der Waals surface area contributed by atoms with Crippen molar-refractivity contribution in [3.05, 3.63) is 28.8 Å². The Morgan fingerprint density at radius 2 is 2.12 bits per heavy atom. The first-order valence-electron chi connectivity index (χ1n) is 5.54. The van der Waals surface area contributed by atoms with Gasteiger partial charge in [-0.05, 0) is 23.6 Å². The number of hydrogen-bond donors (Lipinski definition) is 2. The summed E-state index contributed by atoms with van der Waals surface area (Å²) in [4.78, 5) is 11.0. The third-order valence-electron chi connectivity index (χ3n) is 3.45. The molecule has 0 heterocycles. The highest BCUT2D eigenvalue weighted by molar-refractivity contribution is 6.33. The van der Waals surface area contributed by atoms with E-state index in [0.29, 0.717) is 10.7 Å². The van der Waals surface area contributed by atoms with Crippen LogP contribution in [-0.2, 0) is 10.2 Å². The van der Waals surface area contributed by atoms with Crippen LogP contribution in [0.3, 0.4) is 0 Å². The minimum absolute atomic E-state index is 0.0751. The number of carboxylic acid groups (broad SMARTS) is 1. The SMILES string of the molecule is CC(C)C(C)(CC(=O)O)c1ccc(Cl)c(N)c1. The van der Waals surface area contributed by atoms with E-state index in [1.807, 2.05) is 26.8 Å². The van der Waals surface area contributed by atoms with Crippen LogP contribution in [-0.4, -0.2) is 11.1 Å². The van der Waals surface area contributed by atoms with E-state index in [0.717, 1.165) is 5.56 Å². The van der Waals surface area contributed by atoms with E-state index in [1.54, 1.807) is 12.1 Å². The Hall–Kier alpha value is -1.22. The second kappa shape index (κ2) is 4.96. The lowest BCUT2D eigenvalue weighted by molar-refractivity contribution is -0.138. The van der Waals surface area contributed by atoms with Crippen molar-refractivity contribution in [2.45, 2.75) is 32.6 Å². The van der Waals surface area contributed by atoms with Crippen molar-refractivity contribution in [2.75, 3.05) is 5.73 Å². The third kappa shape index (κ3) is 2.91. The second-order valence-electron chi connectivity index (χ2n) is 4.88. The molecule has 0 aliphatic carbocycles. The molecule has 1 atom stereocenters. The fourth-order valence-electron chi connectivity index (χ4n) is 1.85. The number of hydrogen-bond acceptors (Lipinski definition) is 2. The average Bonchev–Trinajstić information content (AvgIpc) is 2.20. The van der Waals surface area contributed by atoms with Crippen LogP contribution in [0.1, 0.15) is 32.8 Å². The quantitative estimate of drug-likeness (QED) is 0.812. The van der Waals surface area contributed by atoms with E-state index in [2.05, 4.69) is 0 Å². The fraction of sp³-hybridized carbons (Fsp3) is 0.462. The molecule has 1 aromatic rings. The predicted molar refractivity (Wildman–Crippen MR) is 70.3 cm³/mol. The summed E-state index contributed by atoms with van der Waals surface area (Å²) in [7, 11) is 0. The maximum atomic E-state index is 11.0. The summed E-state index contributed by atoms with van der Waals surface area (Å²) < 4.78 is 0. The van der Waals surface area contributed by atoms with E-state index < -0.39 is 11.4 Å². The highest BCUT2D eigenvalue weighted by Gasteiger charge is 2.33. The smallest absolute Gasteiger partial charge is 0.304 e. The summed E-state index contributed by atoms with van der Waals surface area (Å²) in [6.45, 7) is 5.95. The van der Waals surface area contributed by atoms with E-state index in [1.165, 1.54) is 0 Å². The molecule has 1 rings (SSSR count). The number of halogens is 1. The standard InChI is InChI=1S/C13H18ClNO2/c1-8(2)13(3,7-12(16)17)9-4-5-10(14)11(15)6-9/h4-6,8H,7,15H2,1-3H3,(H,16,17). The summed E-state index contributed by atoms with van der Waals surface area (Å²) in [5.41, 5.74) is 6.73. The third-order valence-corrected chi connectivity index (χ3v) is 3.79. The molecule has 0 saturated heterocycles. The van der Waals surface area contributed by atoms with Crippen molar-refractivity contribution >= 4 is 23.3 Å². The minimum Gasteiger partial charge on any atom is -0.481 e. The summed E-state index contributed by atoms with van der Waals surface area (Å²) in [6.07, 6.45) is 0.0751. The van der Waals surface area contributed by atoms with Gasteiger partial charge < -0.3 is 10.8 Å². The van der Waals surface area contributed by atoms with Gasteiger partial charge in [-0.2, -0.15) is 0 Å². The number of benzene rings is 1. The Labute approximate surface area is 107 Å². The normalized spacial score (nSPS) is 14.6. The van der Waals surface area contributed by atoms with Gasteiger partial charge in [-0.15, -0.1) is 0 Å². The van der Waals surface area contributed by atoms with Gasteiger partial charge in [-0.1, -0.05) is 38.4 Å². The van der Waals surface area contributed by atoms with Crippen LogP contribution in [0.5, 0.6) is 0 Å². The van der Waals surface area contributed by atoms with Crippen LogP contribution in [0.4, 0.5) is 5.69 Å². The van der Waals surface area contributed by atoms with Crippen LogP contribution in [0.2, 0.25) is 5.02 Å². The van der Waals surface area contributed by atoms with E-state index >= 15 is 0 Å². The molecule has 0 aromatic heterocycles. The first kappa shape index (κ1) is 13.8. The van der Waals surface area contributed by atoms with Crippen molar-refractivity contribution in [1.82, 2.24) is 0 Å². The Morgan fingerprint density at radius 3 is 2.53 bits per heavy atom. The van der Waals surface area contributed by atoms with Crippen LogP contribution in [0.25, 0.3) is 0 Å². The summed E-state index contributed by atoms with van der Waals surface area (Å²) in [6, 6.07) is 5.33. The van der Waals surface area contributed by atoms with Crippen molar-refractivity contribution in [2.24, 2.45) is 5.92 Å². The zero-order chi connectivity index (χ0) is 13.2. The van der Waals surface area contributed by atoms with Gasteiger partial charge in [-0.25, -0.2) is 0 Å². The molecule has 0 aliphatic heterocycles. The van der Waals surface area contributed by atoms with Gasteiger partial charge in [0.15, 0.2) is 0 Å². The molecule has 0 radical (unpaired) electrons. The molecule has 3 nitrogen and oxygen atoms in total. The van der Waals surface area contributed by atoms with E-state index in [-0.39, 0.29) is 12.3 Å². The Balaban J connectivity index is 3.22. The monoisotopic (exact) mass is 255 g/mol. The zero-order valence-electron chi connectivity index (χ0n) is 10.3. The molecule has 1 unspecified atom stereocenters. The van der Waals surface area contributed by atoms with Crippen molar-refractivity contribution in [3.8, 4) is 0 Å². The van der Waals surface area contributed by atoms with Crippen LogP contribution < -0.4 is 5.73 Å². The molecule has 1 aromatic carbocycles. The number of nitrogens with two attached hydrogens (primary N) is 1. The molecule has 0 aliphatic rings. The molecule has 0 saturated carbocycles. The van der Waals surface area contributed by atoms with Crippen molar-refractivity contribution in [3.63, 3.8) is 0 Å². The topological polar surface area (TPSA) is 63.3 Å². The highest BCUT2D eigenvalue weighted by atomic mass is 35.5. The molecular formula is C13H18ClNO2. The van der Waals surface area contributed by atoms with Gasteiger partial charge in [-0.3, -0.25) is 4.79 Å². The van der Waals surface area contributed by atoms with Gasteiger partial charge in [0.1, 0.15) is 0 Å². The predicted octanol–water partition coefficient (Wildman–Crippen LogP) is 3.31. The minimum atomic E-state index is -0.810. The summed E-state index contributed by atoms with van der Waals surface area (Å²) in [5, 5.41) is 9.52. The Morgan fingerprint density at radius 1 is 1.53 bits per heavy atom. The molecule has 0 bridgehead atoms. The van der Waals surface area contributed by atoms with Gasteiger partial charge in [0, 0.05) is 5.41 Å². The van der Waals surface area contributed by atoms with E-state index in [4.69, 9.17) is 22.4 Å². The van der Waals surface area contributed by atoms with Gasteiger partial charge in [0.05, 0.1) is 17.1 Å². The van der Waals surface area contributed by atoms with Crippen LogP contribution in [0, 0.1) is 5.92 Å². The maximum absolute atomic E-state index is 11.0. The highest BCUT2D eigenvalue weighted by Crippen LogP contribution is 2.37. The molecule has 94 valence electrons. The number of anilines is 1. The molecule has 17 heavy (non-hydrogen) atoms. The van der Waals surface area contributed by atoms with Crippen molar-refractivity contribution in [1.29, 1.82) is 0 Å². The molecule has 0 spiro atoms. The average molecular weight is 256 g/mol. The Bertz CT molecular complexity index is 431. The lowest BCUT2D eigenvalue weighted by Gasteiger charge is -2.33.